The van der Waals surface area contributed by atoms with Crippen LogP contribution in [0.1, 0.15) is 18.2 Å². The molecule has 0 spiro atoms. The van der Waals surface area contributed by atoms with Gasteiger partial charge in [-0.25, -0.2) is 13.4 Å². The maximum absolute atomic E-state index is 11.7. The monoisotopic (exact) mass is 502 g/mol. The van der Waals surface area contributed by atoms with Crippen molar-refractivity contribution in [2.45, 2.75) is 25.9 Å². The van der Waals surface area contributed by atoms with Crippen molar-refractivity contribution in [3.63, 3.8) is 0 Å². The summed E-state index contributed by atoms with van der Waals surface area (Å²) in [6.07, 6.45) is 1.69. The first-order chi connectivity index (χ1) is 11.2. The molecule has 0 bridgehead atoms. The van der Waals surface area contributed by atoms with Gasteiger partial charge < -0.3 is 15.5 Å². The van der Waals surface area contributed by atoms with Gasteiger partial charge in [-0.3, -0.25) is 4.79 Å². The summed E-state index contributed by atoms with van der Waals surface area (Å²) in [6, 6.07) is 3.90. The van der Waals surface area contributed by atoms with Crippen molar-refractivity contribution in [1.82, 2.24) is 15.5 Å². The minimum absolute atomic E-state index is 0. The molecule has 0 radical (unpaired) electrons. The summed E-state index contributed by atoms with van der Waals surface area (Å²) < 4.78 is 22.5. The molecule has 1 aromatic rings. The van der Waals surface area contributed by atoms with Gasteiger partial charge in [0.2, 0.25) is 5.91 Å². The zero-order valence-corrected chi connectivity index (χ0v) is 18.9. The van der Waals surface area contributed by atoms with Crippen LogP contribution in [0.25, 0.3) is 0 Å². The lowest BCUT2D eigenvalue weighted by Crippen LogP contribution is -2.43. The Morgan fingerprint density at radius 2 is 2.08 bits per heavy atom. The van der Waals surface area contributed by atoms with Gasteiger partial charge in [-0.15, -0.1) is 35.3 Å². The Labute approximate surface area is 171 Å². The minimum Gasteiger partial charge on any atom is -0.354 e. The van der Waals surface area contributed by atoms with E-state index in [9.17, 15) is 13.2 Å². The normalized spacial score (nSPS) is 12.9. The number of guanidine groups is 1. The van der Waals surface area contributed by atoms with Crippen LogP contribution in [0.2, 0.25) is 0 Å². The van der Waals surface area contributed by atoms with E-state index in [0.717, 1.165) is 4.88 Å². The average molecular weight is 502 g/mol. The number of halogens is 1. The van der Waals surface area contributed by atoms with E-state index >= 15 is 0 Å². The van der Waals surface area contributed by atoms with Crippen molar-refractivity contribution < 1.29 is 13.2 Å². The molecule has 0 aliphatic rings. The number of hydrogen-bond donors (Lipinski definition) is 2. The predicted octanol–water partition coefficient (Wildman–Crippen LogP) is 1.31. The molecule has 1 heterocycles. The molecule has 0 aliphatic carbocycles. The molecule has 2 N–H and O–H groups in total. The van der Waals surface area contributed by atoms with Crippen molar-refractivity contribution >= 4 is 57.0 Å². The standard InChI is InChI=1S/C15H26N4O3S2.HI/c1-12(7-9-24(4,21)22)18-15(17-11-14(20)19(2)3)16-10-13-6-5-8-23-13;/h5-6,8,12H,7,9-11H2,1-4H3,(H2,16,17,18);1H. The quantitative estimate of drug-likeness (QED) is 0.318. The molecule has 1 atom stereocenters. The number of likely N-dealkylation sites (N-methyl/N-ethyl adjacent to an activating group) is 1. The van der Waals surface area contributed by atoms with Crippen LogP contribution in [0, 0.1) is 0 Å². The lowest BCUT2D eigenvalue weighted by atomic mass is 10.3. The number of sulfone groups is 1. The van der Waals surface area contributed by atoms with E-state index in [0.29, 0.717) is 18.9 Å². The maximum atomic E-state index is 11.7. The molecule has 1 amide bonds. The number of aliphatic imine (C=N–C) groups is 1. The van der Waals surface area contributed by atoms with Crippen LogP contribution in [0.15, 0.2) is 22.5 Å². The van der Waals surface area contributed by atoms with Crippen LogP contribution in [0.3, 0.4) is 0 Å². The molecule has 1 aromatic heterocycles. The third kappa shape index (κ3) is 11.4. The zero-order valence-electron chi connectivity index (χ0n) is 15.0. The first-order valence-electron chi connectivity index (χ1n) is 7.62. The summed E-state index contributed by atoms with van der Waals surface area (Å²) in [6.45, 7) is 2.52. The topological polar surface area (TPSA) is 90.9 Å². The number of carbonyl (C=O) groups is 1. The van der Waals surface area contributed by atoms with Gasteiger partial charge in [-0.2, -0.15) is 0 Å². The van der Waals surface area contributed by atoms with E-state index in [-0.39, 0.29) is 48.2 Å². The fraction of sp³-hybridized carbons (Fsp3) is 0.600. The number of nitrogens with zero attached hydrogens (tertiary/aromatic N) is 2. The summed E-state index contributed by atoms with van der Waals surface area (Å²) in [5.41, 5.74) is 0. The largest absolute Gasteiger partial charge is 0.354 e. The summed E-state index contributed by atoms with van der Waals surface area (Å²) >= 11 is 1.63. The van der Waals surface area contributed by atoms with Crippen molar-refractivity contribution in [2.24, 2.45) is 4.99 Å². The number of carbonyl (C=O) groups excluding carboxylic acids is 1. The smallest absolute Gasteiger partial charge is 0.243 e. The highest BCUT2D eigenvalue weighted by atomic mass is 127. The SMILES string of the molecule is CC(CCS(C)(=O)=O)NC(=NCC(=O)N(C)C)NCc1cccs1.I. The Kier molecular flexibility index (Phi) is 11.3. The molecular formula is C15H27IN4O3S2. The van der Waals surface area contributed by atoms with Gasteiger partial charge in [0.1, 0.15) is 16.4 Å². The Hall–Kier alpha value is -0.880. The molecule has 1 unspecified atom stereocenters. The molecule has 10 heteroatoms. The fourth-order valence-corrected chi connectivity index (χ4v) is 3.15. The zero-order chi connectivity index (χ0) is 18.2. The van der Waals surface area contributed by atoms with Gasteiger partial charge in [-0.1, -0.05) is 6.07 Å². The van der Waals surface area contributed by atoms with E-state index < -0.39 is 9.84 Å². The molecule has 7 nitrogen and oxygen atoms in total. The maximum Gasteiger partial charge on any atom is 0.243 e. The summed E-state index contributed by atoms with van der Waals surface area (Å²) in [5.74, 6) is 0.506. The average Bonchev–Trinajstić information content (AvgIpc) is 3.00. The Balaban J connectivity index is 0.00000576. The Morgan fingerprint density at radius 1 is 1.40 bits per heavy atom. The van der Waals surface area contributed by atoms with Crippen LogP contribution in [-0.2, 0) is 21.2 Å². The number of hydrogen-bond acceptors (Lipinski definition) is 5. The van der Waals surface area contributed by atoms with Crippen molar-refractivity contribution in [3.05, 3.63) is 22.4 Å². The molecule has 1 rings (SSSR count). The van der Waals surface area contributed by atoms with Gasteiger partial charge in [0.25, 0.3) is 0 Å². The third-order valence-electron chi connectivity index (χ3n) is 3.19. The van der Waals surface area contributed by atoms with E-state index in [1.54, 1.807) is 25.4 Å². The second kappa shape index (κ2) is 11.7. The first-order valence-corrected chi connectivity index (χ1v) is 10.6. The summed E-state index contributed by atoms with van der Waals surface area (Å²) in [7, 11) is 0.360. The number of nitrogens with one attached hydrogen (secondary N) is 2. The van der Waals surface area contributed by atoms with Crippen LogP contribution in [0.5, 0.6) is 0 Å². The minimum atomic E-state index is -3.00. The fourth-order valence-electron chi connectivity index (χ4n) is 1.72. The predicted molar refractivity (Wildman–Crippen MR) is 114 cm³/mol. The molecule has 0 saturated carbocycles. The second-order valence-corrected chi connectivity index (χ2v) is 9.14. The highest BCUT2D eigenvalue weighted by molar-refractivity contribution is 14.0. The Bertz CT molecular complexity index is 646. The van der Waals surface area contributed by atoms with E-state index in [4.69, 9.17) is 0 Å². The van der Waals surface area contributed by atoms with Gasteiger partial charge in [-0.05, 0) is 24.8 Å². The number of rotatable bonds is 8. The van der Waals surface area contributed by atoms with Crippen molar-refractivity contribution in [1.29, 1.82) is 0 Å². The molecule has 0 fully saturated rings. The van der Waals surface area contributed by atoms with Gasteiger partial charge >= 0.3 is 0 Å². The molecule has 0 saturated heterocycles. The van der Waals surface area contributed by atoms with Crippen molar-refractivity contribution in [3.8, 4) is 0 Å². The van der Waals surface area contributed by atoms with E-state index in [1.165, 1.54) is 11.2 Å². The van der Waals surface area contributed by atoms with E-state index in [2.05, 4.69) is 15.6 Å². The highest BCUT2D eigenvalue weighted by Crippen LogP contribution is 2.07. The Morgan fingerprint density at radius 3 is 2.60 bits per heavy atom. The molecule has 144 valence electrons. The van der Waals surface area contributed by atoms with Crippen LogP contribution >= 0.6 is 35.3 Å². The summed E-state index contributed by atoms with van der Waals surface area (Å²) in [5, 5.41) is 8.32. The number of amides is 1. The van der Waals surface area contributed by atoms with Crippen LogP contribution in [-0.4, -0.2) is 63.9 Å². The molecule has 0 aromatic carbocycles. The molecular weight excluding hydrogens is 475 g/mol. The lowest BCUT2D eigenvalue weighted by molar-refractivity contribution is -0.127. The van der Waals surface area contributed by atoms with Gasteiger partial charge in [0.05, 0.1) is 12.3 Å². The molecule has 25 heavy (non-hydrogen) atoms. The lowest BCUT2D eigenvalue weighted by Gasteiger charge is -2.18. The second-order valence-electron chi connectivity index (χ2n) is 5.85. The van der Waals surface area contributed by atoms with Crippen LogP contribution < -0.4 is 10.6 Å². The van der Waals surface area contributed by atoms with Gasteiger partial charge in [0, 0.05) is 31.3 Å². The van der Waals surface area contributed by atoms with E-state index in [1.807, 2.05) is 24.4 Å². The highest BCUT2D eigenvalue weighted by Gasteiger charge is 2.11. The summed E-state index contributed by atoms with van der Waals surface area (Å²) in [4.78, 5) is 18.6. The van der Waals surface area contributed by atoms with Crippen molar-refractivity contribution in [2.75, 3.05) is 32.6 Å². The third-order valence-corrected chi connectivity index (χ3v) is 5.04. The van der Waals surface area contributed by atoms with Crippen LogP contribution in [0.4, 0.5) is 0 Å². The molecule has 0 aliphatic heterocycles. The first kappa shape index (κ1) is 24.1. The van der Waals surface area contributed by atoms with Gasteiger partial charge in [0.15, 0.2) is 5.96 Å². The number of thiophene rings is 1.